The van der Waals surface area contributed by atoms with Crippen LogP contribution in [0.4, 0.5) is 0 Å². The zero-order valence-corrected chi connectivity index (χ0v) is 13.8. The summed E-state index contributed by atoms with van der Waals surface area (Å²) < 4.78 is 7.73. The fourth-order valence-corrected chi connectivity index (χ4v) is 2.23. The van der Waals surface area contributed by atoms with E-state index in [1.165, 1.54) is 11.3 Å². The molecule has 1 aromatic heterocycles. The van der Waals surface area contributed by atoms with E-state index in [0.717, 1.165) is 44.7 Å². The Hall–Kier alpha value is -0.870. The van der Waals surface area contributed by atoms with Crippen LogP contribution in [0, 0.1) is 19.8 Å². The first-order valence-corrected chi connectivity index (χ1v) is 7.81. The lowest BCUT2D eigenvalue weighted by Gasteiger charge is -2.10. The van der Waals surface area contributed by atoms with Crippen molar-refractivity contribution in [1.82, 2.24) is 9.78 Å². The quantitative estimate of drug-likeness (QED) is 0.708. The van der Waals surface area contributed by atoms with Crippen LogP contribution in [0.2, 0.25) is 0 Å². The van der Waals surface area contributed by atoms with Gasteiger partial charge in [-0.2, -0.15) is 5.10 Å². The highest BCUT2D eigenvalue weighted by atomic mass is 16.5. The molecular formula is C16H31N3O. The van der Waals surface area contributed by atoms with E-state index in [-0.39, 0.29) is 6.04 Å². The normalized spacial score (nSPS) is 13.2. The molecule has 4 heteroatoms. The predicted octanol–water partition coefficient (Wildman–Crippen LogP) is 2.84. The molecule has 0 aliphatic rings. The molecule has 1 unspecified atom stereocenters. The van der Waals surface area contributed by atoms with Gasteiger partial charge in [0.1, 0.15) is 0 Å². The SMILES string of the molecule is CCC(N)Cc1c(C)nn(CCOCCC(C)C)c1C. The van der Waals surface area contributed by atoms with E-state index < -0.39 is 0 Å². The molecule has 0 spiro atoms. The molecule has 2 N–H and O–H groups in total. The van der Waals surface area contributed by atoms with Gasteiger partial charge in [-0.1, -0.05) is 20.8 Å². The van der Waals surface area contributed by atoms with Crippen molar-refractivity contribution in [3.05, 3.63) is 17.0 Å². The van der Waals surface area contributed by atoms with Crippen LogP contribution < -0.4 is 5.73 Å². The van der Waals surface area contributed by atoms with E-state index in [0.29, 0.717) is 5.92 Å². The molecule has 0 aliphatic carbocycles. The predicted molar refractivity (Wildman–Crippen MR) is 83.9 cm³/mol. The smallest absolute Gasteiger partial charge is 0.0662 e. The van der Waals surface area contributed by atoms with Crippen LogP contribution in [0.1, 0.15) is 50.6 Å². The highest BCUT2D eigenvalue weighted by molar-refractivity contribution is 5.25. The van der Waals surface area contributed by atoms with Gasteiger partial charge in [0, 0.05) is 18.3 Å². The Bertz CT molecular complexity index is 399. The number of nitrogens with zero attached hydrogens (tertiary/aromatic N) is 2. The molecule has 0 aliphatic heterocycles. The van der Waals surface area contributed by atoms with Crippen molar-refractivity contribution in [2.24, 2.45) is 11.7 Å². The molecule has 4 nitrogen and oxygen atoms in total. The van der Waals surface area contributed by atoms with E-state index in [4.69, 9.17) is 10.5 Å². The number of aromatic nitrogens is 2. The van der Waals surface area contributed by atoms with Gasteiger partial charge < -0.3 is 10.5 Å². The minimum Gasteiger partial charge on any atom is -0.380 e. The van der Waals surface area contributed by atoms with Crippen molar-refractivity contribution >= 4 is 0 Å². The number of hydrogen-bond donors (Lipinski definition) is 1. The summed E-state index contributed by atoms with van der Waals surface area (Å²) in [5.74, 6) is 0.700. The van der Waals surface area contributed by atoms with Crippen molar-refractivity contribution < 1.29 is 4.74 Å². The fraction of sp³-hybridized carbons (Fsp3) is 0.812. The van der Waals surface area contributed by atoms with Gasteiger partial charge in [0.2, 0.25) is 0 Å². The minimum absolute atomic E-state index is 0.229. The van der Waals surface area contributed by atoms with E-state index in [9.17, 15) is 0 Å². The summed E-state index contributed by atoms with van der Waals surface area (Å²) in [6, 6.07) is 0.229. The van der Waals surface area contributed by atoms with Gasteiger partial charge in [-0.25, -0.2) is 0 Å². The maximum Gasteiger partial charge on any atom is 0.0662 e. The van der Waals surface area contributed by atoms with Crippen LogP contribution in [0.5, 0.6) is 0 Å². The molecule has 0 saturated heterocycles. The largest absolute Gasteiger partial charge is 0.380 e. The van der Waals surface area contributed by atoms with Crippen LogP contribution in [-0.4, -0.2) is 29.0 Å². The van der Waals surface area contributed by atoms with Crippen molar-refractivity contribution in [2.75, 3.05) is 13.2 Å². The highest BCUT2D eigenvalue weighted by Gasteiger charge is 2.13. The molecule has 0 saturated carbocycles. The van der Waals surface area contributed by atoms with E-state index in [2.05, 4.69) is 44.4 Å². The maximum absolute atomic E-state index is 6.06. The first-order chi connectivity index (χ1) is 9.45. The summed E-state index contributed by atoms with van der Waals surface area (Å²) in [6.45, 7) is 13.2. The van der Waals surface area contributed by atoms with E-state index in [1.54, 1.807) is 0 Å². The summed E-state index contributed by atoms with van der Waals surface area (Å²) in [5, 5.41) is 4.61. The minimum atomic E-state index is 0.229. The average molecular weight is 281 g/mol. The first kappa shape index (κ1) is 17.2. The molecule has 20 heavy (non-hydrogen) atoms. The summed E-state index contributed by atoms with van der Waals surface area (Å²) in [6.07, 6.45) is 3.04. The van der Waals surface area contributed by atoms with Gasteiger partial charge in [-0.15, -0.1) is 0 Å². The van der Waals surface area contributed by atoms with Crippen molar-refractivity contribution in [3.8, 4) is 0 Å². The highest BCUT2D eigenvalue weighted by Crippen LogP contribution is 2.15. The molecule has 0 fully saturated rings. The Morgan fingerprint density at radius 2 is 1.95 bits per heavy atom. The molecule has 0 radical (unpaired) electrons. The molecule has 0 aromatic carbocycles. The second-order valence-corrected chi connectivity index (χ2v) is 6.04. The molecule has 1 aromatic rings. The van der Waals surface area contributed by atoms with Gasteiger partial charge in [0.15, 0.2) is 0 Å². The molecule has 116 valence electrons. The standard InChI is InChI=1S/C16H31N3O/c1-6-15(17)11-16-13(4)18-19(14(16)5)8-10-20-9-7-12(2)3/h12,15H,6-11,17H2,1-5H3. The third kappa shape index (κ3) is 5.25. The van der Waals surface area contributed by atoms with Crippen LogP contribution in [0.3, 0.4) is 0 Å². The van der Waals surface area contributed by atoms with Gasteiger partial charge in [0.05, 0.1) is 18.8 Å². The van der Waals surface area contributed by atoms with Crippen molar-refractivity contribution in [2.45, 2.75) is 66.5 Å². The lowest BCUT2D eigenvalue weighted by Crippen LogP contribution is -2.22. The zero-order valence-electron chi connectivity index (χ0n) is 13.8. The van der Waals surface area contributed by atoms with Crippen LogP contribution >= 0.6 is 0 Å². The third-order valence-corrected chi connectivity index (χ3v) is 3.81. The molecule has 0 amide bonds. The third-order valence-electron chi connectivity index (χ3n) is 3.81. The Kier molecular flexibility index (Phi) is 7.24. The second-order valence-electron chi connectivity index (χ2n) is 6.04. The number of nitrogens with two attached hydrogens (primary N) is 1. The zero-order chi connectivity index (χ0) is 15.1. The average Bonchev–Trinajstić information content (AvgIpc) is 2.65. The Morgan fingerprint density at radius 3 is 2.55 bits per heavy atom. The van der Waals surface area contributed by atoms with Crippen LogP contribution in [-0.2, 0) is 17.7 Å². The van der Waals surface area contributed by atoms with Crippen LogP contribution in [0.25, 0.3) is 0 Å². The Labute approximate surface area is 123 Å². The fourth-order valence-electron chi connectivity index (χ4n) is 2.23. The van der Waals surface area contributed by atoms with Gasteiger partial charge in [-0.3, -0.25) is 4.68 Å². The number of rotatable bonds is 9. The topological polar surface area (TPSA) is 53.1 Å². The maximum atomic E-state index is 6.06. The number of aryl methyl sites for hydroxylation is 1. The lowest BCUT2D eigenvalue weighted by molar-refractivity contribution is 0.113. The first-order valence-electron chi connectivity index (χ1n) is 7.81. The molecule has 1 atom stereocenters. The van der Waals surface area contributed by atoms with Crippen LogP contribution in [0.15, 0.2) is 0 Å². The van der Waals surface area contributed by atoms with Crippen molar-refractivity contribution in [1.29, 1.82) is 0 Å². The molecular weight excluding hydrogens is 250 g/mol. The molecule has 1 rings (SSSR count). The molecule has 1 heterocycles. The van der Waals surface area contributed by atoms with E-state index in [1.807, 2.05) is 0 Å². The summed E-state index contributed by atoms with van der Waals surface area (Å²) in [7, 11) is 0. The molecule has 0 bridgehead atoms. The Balaban J connectivity index is 2.49. The van der Waals surface area contributed by atoms with E-state index >= 15 is 0 Å². The number of ether oxygens (including phenoxy) is 1. The summed E-state index contributed by atoms with van der Waals surface area (Å²) in [5.41, 5.74) is 9.71. The number of hydrogen-bond acceptors (Lipinski definition) is 3. The Morgan fingerprint density at radius 1 is 1.25 bits per heavy atom. The van der Waals surface area contributed by atoms with Gasteiger partial charge in [-0.05, 0) is 44.6 Å². The van der Waals surface area contributed by atoms with Crippen molar-refractivity contribution in [3.63, 3.8) is 0 Å². The second kappa shape index (κ2) is 8.42. The van der Waals surface area contributed by atoms with Gasteiger partial charge in [0.25, 0.3) is 0 Å². The lowest BCUT2D eigenvalue weighted by atomic mass is 10.0. The summed E-state index contributed by atoms with van der Waals surface area (Å²) in [4.78, 5) is 0. The van der Waals surface area contributed by atoms with Gasteiger partial charge >= 0.3 is 0 Å². The monoisotopic (exact) mass is 281 g/mol. The summed E-state index contributed by atoms with van der Waals surface area (Å²) >= 11 is 0.